The first-order valence-corrected chi connectivity index (χ1v) is 10.0. The maximum atomic E-state index is 12.6. The van der Waals surface area contributed by atoms with Crippen molar-refractivity contribution in [2.24, 2.45) is 0 Å². The molecule has 1 saturated heterocycles. The SMILES string of the molecule is COc1cc(NC(=O)CCN2CCCC2c2ccccc2Cl)cc(OC)c1OC. The van der Waals surface area contributed by atoms with Gasteiger partial charge in [0.05, 0.1) is 21.3 Å². The number of benzene rings is 2. The molecule has 1 N–H and O–H groups in total. The van der Waals surface area contributed by atoms with Crippen molar-refractivity contribution in [3.05, 3.63) is 47.0 Å². The van der Waals surface area contributed by atoms with Crippen LogP contribution in [0.25, 0.3) is 0 Å². The summed E-state index contributed by atoms with van der Waals surface area (Å²) in [6, 6.07) is 11.7. The second-order valence-electron chi connectivity index (χ2n) is 6.93. The number of amides is 1. The van der Waals surface area contributed by atoms with Crippen molar-refractivity contribution in [3.8, 4) is 17.2 Å². The van der Waals surface area contributed by atoms with Gasteiger partial charge in [0.1, 0.15) is 0 Å². The summed E-state index contributed by atoms with van der Waals surface area (Å²) in [6.07, 6.45) is 2.54. The number of likely N-dealkylation sites (tertiary alicyclic amines) is 1. The van der Waals surface area contributed by atoms with Crippen molar-refractivity contribution in [1.82, 2.24) is 4.90 Å². The monoisotopic (exact) mass is 418 g/mol. The molecule has 1 aliphatic rings. The number of carbonyl (C=O) groups excluding carboxylic acids is 1. The van der Waals surface area contributed by atoms with Crippen LogP contribution in [0.2, 0.25) is 5.02 Å². The molecule has 3 rings (SSSR count). The highest BCUT2D eigenvalue weighted by atomic mass is 35.5. The standard InChI is InChI=1S/C22H27ClN2O4/c1-27-19-13-15(14-20(28-2)22(19)29-3)24-21(26)10-12-25-11-6-9-18(25)16-7-4-5-8-17(16)23/h4-5,7-8,13-14,18H,6,9-12H2,1-3H3,(H,24,26). The number of nitrogens with zero attached hydrogens (tertiary/aromatic N) is 1. The fourth-order valence-electron chi connectivity index (χ4n) is 3.81. The van der Waals surface area contributed by atoms with Crippen LogP contribution in [0.15, 0.2) is 36.4 Å². The predicted octanol–water partition coefficient (Wildman–Crippen LogP) is 4.53. The number of anilines is 1. The lowest BCUT2D eigenvalue weighted by atomic mass is 10.0. The molecular formula is C22H27ClN2O4. The molecular weight excluding hydrogens is 392 g/mol. The van der Waals surface area contributed by atoms with Crippen molar-refractivity contribution in [1.29, 1.82) is 0 Å². The summed E-state index contributed by atoms with van der Waals surface area (Å²) < 4.78 is 16.0. The Hall–Kier alpha value is -2.44. The van der Waals surface area contributed by atoms with E-state index in [2.05, 4.69) is 16.3 Å². The predicted molar refractivity (Wildman–Crippen MR) is 114 cm³/mol. The zero-order valence-electron chi connectivity index (χ0n) is 17.0. The molecule has 1 heterocycles. The fourth-order valence-corrected chi connectivity index (χ4v) is 4.07. The molecule has 0 bridgehead atoms. The Balaban J connectivity index is 1.63. The van der Waals surface area contributed by atoms with Crippen molar-refractivity contribution in [3.63, 3.8) is 0 Å². The molecule has 1 fully saturated rings. The largest absolute Gasteiger partial charge is 0.493 e. The lowest BCUT2D eigenvalue weighted by molar-refractivity contribution is -0.116. The van der Waals surface area contributed by atoms with E-state index >= 15 is 0 Å². The van der Waals surface area contributed by atoms with Gasteiger partial charge in [-0.05, 0) is 31.0 Å². The average molecular weight is 419 g/mol. The van der Waals surface area contributed by atoms with Crippen LogP contribution in [-0.4, -0.2) is 45.2 Å². The molecule has 156 valence electrons. The van der Waals surface area contributed by atoms with Crippen molar-refractivity contribution >= 4 is 23.2 Å². The highest BCUT2D eigenvalue weighted by Gasteiger charge is 2.27. The van der Waals surface area contributed by atoms with Gasteiger partial charge < -0.3 is 19.5 Å². The Labute approximate surface area is 176 Å². The summed E-state index contributed by atoms with van der Waals surface area (Å²) >= 11 is 6.38. The summed E-state index contributed by atoms with van der Waals surface area (Å²) in [4.78, 5) is 14.9. The van der Waals surface area contributed by atoms with Gasteiger partial charge in [-0.15, -0.1) is 0 Å². The number of hydrogen-bond donors (Lipinski definition) is 1. The molecule has 2 aromatic rings. The summed E-state index contributed by atoms with van der Waals surface area (Å²) in [5.41, 5.74) is 1.74. The van der Waals surface area contributed by atoms with Crippen molar-refractivity contribution in [2.75, 3.05) is 39.7 Å². The molecule has 1 atom stereocenters. The minimum atomic E-state index is -0.0657. The van der Waals surface area contributed by atoms with Gasteiger partial charge in [0.25, 0.3) is 0 Å². The quantitative estimate of drug-likeness (QED) is 0.682. The molecule has 0 saturated carbocycles. The molecule has 1 aliphatic heterocycles. The first-order chi connectivity index (χ1) is 14.1. The topological polar surface area (TPSA) is 60.0 Å². The molecule has 1 amide bonds. The van der Waals surface area contributed by atoms with E-state index < -0.39 is 0 Å². The van der Waals surface area contributed by atoms with Crippen LogP contribution in [-0.2, 0) is 4.79 Å². The first kappa shape index (κ1) is 21.3. The van der Waals surface area contributed by atoms with Gasteiger partial charge in [0.2, 0.25) is 11.7 Å². The summed E-state index contributed by atoms with van der Waals surface area (Å²) in [6.45, 7) is 1.64. The van der Waals surface area contributed by atoms with E-state index in [-0.39, 0.29) is 11.9 Å². The number of nitrogens with one attached hydrogen (secondary N) is 1. The van der Waals surface area contributed by atoms with Crippen LogP contribution in [0.3, 0.4) is 0 Å². The van der Waals surface area contributed by atoms with Crippen LogP contribution in [0, 0.1) is 0 Å². The van der Waals surface area contributed by atoms with Crippen LogP contribution in [0.4, 0.5) is 5.69 Å². The summed E-state index contributed by atoms with van der Waals surface area (Å²) in [5.74, 6) is 1.43. The highest BCUT2D eigenvalue weighted by Crippen LogP contribution is 2.40. The third-order valence-corrected chi connectivity index (χ3v) is 5.55. The summed E-state index contributed by atoms with van der Waals surface area (Å²) in [7, 11) is 4.64. The number of rotatable bonds is 8. The van der Waals surface area contributed by atoms with Gasteiger partial charge in [0.15, 0.2) is 11.5 Å². The molecule has 29 heavy (non-hydrogen) atoms. The third kappa shape index (κ3) is 4.95. The molecule has 1 unspecified atom stereocenters. The van der Waals surface area contributed by atoms with E-state index in [1.165, 1.54) is 0 Å². The van der Waals surface area contributed by atoms with E-state index in [1.807, 2.05) is 18.2 Å². The van der Waals surface area contributed by atoms with Crippen LogP contribution in [0.5, 0.6) is 17.2 Å². The van der Waals surface area contributed by atoms with Crippen LogP contribution >= 0.6 is 11.6 Å². The molecule has 6 nitrogen and oxygen atoms in total. The van der Waals surface area contributed by atoms with E-state index in [0.29, 0.717) is 35.9 Å². The normalized spacial score (nSPS) is 16.5. The molecule has 7 heteroatoms. The minimum absolute atomic E-state index is 0.0657. The Kier molecular flexibility index (Phi) is 7.23. The third-order valence-electron chi connectivity index (χ3n) is 5.20. The Morgan fingerprint density at radius 2 is 1.83 bits per heavy atom. The molecule has 0 radical (unpaired) electrons. The van der Waals surface area contributed by atoms with Gasteiger partial charge in [-0.2, -0.15) is 0 Å². The van der Waals surface area contributed by atoms with E-state index in [1.54, 1.807) is 33.5 Å². The Morgan fingerprint density at radius 1 is 1.14 bits per heavy atom. The Bertz CT molecular complexity index is 833. The first-order valence-electron chi connectivity index (χ1n) is 9.65. The van der Waals surface area contributed by atoms with Crippen LogP contribution in [0.1, 0.15) is 30.9 Å². The molecule has 0 spiro atoms. The number of hydrogen-bond acceptors (Lipinski definition) is 5. The average Bonchev–Trinajstić information content (AvgIpc) is 3.20. The maximum absolute atomic E-state index is 12.6. The van der Waals surface area contributed by atoms with E-state index in [0.717, 1.165) is 30.0 Å². The summed E-state index contributed by atoms with van der Waals surface area (Å²) in [5, 5.41) is 3.71. The van der Waals surface area contributed by atoms with Gasteiger partial charge in [-0.1, -0.05) is 29.8 Å². The van der Waals surface area contributed by atoms with Crippen molar-refractivity contribution in [2.45, 2.75) is 25.3 Å². The lowest BCUT2D eigenvalue weighted by Gasteiger charge is -2.25. The lowest BCUT2D eigenvalue weighted by Crippen LogP contribution is -2.27. The smallest absolute Gasteiger partial charge is 0.225 e. The van der Waals surface area contributed by atoms with Gasteiger partial charge in [-0.3, -0.25) is 9.69 Å². The van der Waals surface area contributed by atoms with E-state index in [4.69, 9.17) is 25.8 Å². The number of carbonyl (C=O) groups is 1. The molecule has 0 aromatic heterocycles. The minimum Gasteiger partial charge on any atom is -0.493 e. The maximum Gasteiger partial charge on any atom is 0.225 e. The second-order valence-corrected chi connectivity index (χ2v) is 7.33. The van der Waals surface area contributed by atoms with Crippen molar-refractivity contribution < 1.29 is 19.0 Å². The van der Waals surface area contributed by atoms with Gasteiger partial charge in [0, 0.05) is 41.9 Å². The number of halogens is 1. The second kappa shape index (κ2) is 9.85. The number of methoxy groups -OCH3 is 3. The van der Waals surface area contributed by atoms with Gasteiger partial charge >= 0.3 is 0 Å². The zero-order valence-corrected chi connectivity index (χ0v) is 17.8. The Morgan fingerprint density at radius 3 is 2.45 bits per heavy atom. The zero-order chi connectivity index (χ0) is 20.8. The fraction of sp³-hybridized carbons (Fsp3) is 0.409. The molecule has 2 aromatic carbocycles. The van der Waals surface area contributed by atoms with E-state index in [9.17, 15) is 4.79 Å². The molecule has 0 aliphatic carbocycles. The highest BCUT2D eigenvalue weighted by molar-refractivity contribution is 6.31. The van der Waals surface area contributed by atoms with Gasteiger partial charge in [-0.25, -0.2) is 0 Å². The van der Waals surface area contributed by atoms with Crippen LogP contribution < -0.4 is 19.5 Å². The number of ether oxygens (including phenoxy) is 3.